The fourth-order valence-electron chi connectivity index (χ4n) is 1.53. The van der Waals surface area contributed by atoms with Crippen LogP contribution in [0.2, 0.25) is 0 Å². The summed E-state index contributed by atoms with van der Waals surface area (Å²) in [4.78, 5) is 0. The van der Waals surface area contributed by atoms with Gasteiger partial charge in [0.05, 0.1) is 0 Å². The Balaban J connectivity index is 1.88. The highest BCUT2D eigenvalue weighted by molar-refractivity contribution is 14.1. The molecule has 1 N–H and O–H groups in total. The molecule has 2 heteroatoms. The van der Waals surface area contributed by atoms with E-state index < -0.39 is 0 Å². The van der Waals surface area contributed by atoms with Crippen molar-refractivity contribution in [2.24, 2.45) is 5.92 Å². The standard InChI is InChI=1S/C12H16IN/c1-9(14-8-10-2-3-10)11-4-6-12(13)7-5-11/h4-7,9-10,14H,2-3,8H2,1H3. The molecule has 2 rings (SSSR count). The Hall–Kier alpha value is -0.0900. The summed E-state index contributed by atoms with van der Waals surface area (Å²) in [6.07, 6.45) is 2.85. The molecule has 0 aliphatic heterocycles. The number of hydrogen-bond acceptors (Lipinski definition) is 1. The van der Waals surface area contributed by atoms with Crippen LogP contribution in [0.15, 0.2) is 24.3 Å². The maximum atomic E-state index is 3.58. The van der Waals surface area contributed by atoms with Gasteiger partial charge in [-0.05, 0) is 72.5 Å². The zero-order chi connectivity index (χ0) is 9.97. The molecule has 0 aromatic heterocycles. The molecule has 1 unspecified atom stereocenters. The van der Waals surface area contributed by atoms with Crippen molar-refractivity contribution in [1.82, 2.24) is 5.32 Å². The first-order valence-corrected chi connectivity index (χ1v) is 6.32. The smallest absolute Gasteiger partial charge is 0.0291 e. The Kier molecular flexibility index (Phi) is 3.44. The summed E-state index contributed by atoms with van der Waals surface area (Å²) in [6, 6.07) is 9.27. The Morgan fingerprint density at radius 1 is 1.36 bits per heavy atom. The number of hydrogen-bond donors (Lipinski definition) is 1. The highest BCUT2D eigenvalue weighted by atomic mass is 127. The molecule has 1 fully saturated rings. The van der Waals surface area contributed by atoms with Gasteiger partial charge in [0.25, 0.3) is 0 Å². The molecule has 1 nitrogen and oxygen atoms in total. The summed E-state index contributed by atoms with van der Waals surface area (Å²) in [7, 11) is 0. The Bertz CT molecular complexity index is 290. The van der Waals surface area contributed by atoms with Crippen LogP contribution in [-0.4, -0.2) is 6.54 Å². The maximum Gasteiger partial charge on any atom is 0.0291 e. The topological polar surface area (TPSA) is 12.0 Å². The van der Waals surface area contributed by atoms with E-state index in [1.54, 1.807) is 0 Å². The van der Waals surface area contributed by atoms with Crippen LogP contribution in [0.5, 0.6) is 0 Å². The monoisotopic (exact) mass is 301 g/mol. The molecule has 1 aliphatic rings. The van der Waals surface area contributed by atoms with E-state index in [0.29, 0.717) is 6.04 Å². The molecule has 1 atom stereocenters. The molecular weight excluding hydrogens is 285 g/mol. The largest absolute Gasteiger partial charge is 0.310 e. The molecule has 0 radical (unpaired) electrons. The fraction of sp³-hybridized carbons (Fsp3) is 0.500. The second-order valence-corrected chi connectivity index (χ2v) is 5.37. The highest BCUT2D eigenvalue weighted by Crippen LogP contribution is 2.28. The summed E-state index contributed by atoms with van der Waals surface area (Å²) >= 11 is 2.34. The van der Waals surface area contributed by atoms with Gasteiger partial charge < -0.3 is 5.32 Å². The predicted molar refractivity (Wildman–Crippen MR) is 68.3 cm³/mol. The van der Waals surface area contributed by atoms with Gasteiger partial charge in [-0.3, -0.25) is 0 Å². The Morgan fingerprint density at radius 3 is 2.57 bits per heavy atom. The minimum atomic E-state index is 0.493. The lowest BCUT2D eigenvalue weighted by atomic mass is 10.1. The summed E-state index contributed by atoms with van der Waals surface area (Å²) < 4.78 is 1.31. The molecule has 0 spiro atoms. The van der Waals surface area contributed by atoms with E-state index in [9.17, 15) is 0 Å². The van der Waals surface area contributed by atoms with Crippen LogP contribution < -0.4 is 5.32 Å². The molecule has 14 heavy (non-hydrogen) atoms. The third-order valence-electron chi connectivity index (χ3n) is 2.78. The zero-order valence-corrected chi connectivity index (χ0v) is 10.6. The first-order valence-electron chi connectivity index (χ1n) is 5.24. The van der Waals surface area contributed by atoms with Crippen molar-refractivity contribution >= 4 is 22.6 Å². The van der Waals surface area contributed by atoms with Crippen LogP contribution in [0.1, 0.15) is 31.4 Å². The Labute approximate surface area is 99.4 Å². The van der Waals surface area contributed by atoms with E-state index in [0.717, 1.165) is 5.92 Å². The van der Waals surface area contributed by atoms with Crippen LogP contribution in [0.25, 0.3) is 0 Å². The average molecular weight is 301 g/mol. The van der Waals surface area contributed by atoms with E-state index in [2.05, 4.69) is 59.1 Å². The van der Waals surface area contributed by atoms with Gasteiger partial charge in [-0.2, -0.15) is 0 Å². The summed E-state index contributed by atoms with van der Waals surface area (Å²) in [5.74, 6) is 0.960. The van der Waals surface area contributed by atoms with Crippen molar-refractivity contribution in [3.63, 3.8) is 0 Å². The third-order valence-corrected chi connectivity index (χ3v) is 3.50. The van der Waals surface area contributed by atoms with Crippen molar-refractivity contribution in [3.8, 4) is 0 Å². The fourth-order valence-corrected chi connectivity index (χ4v) is 1.89. The van der Waals surface area contributed by atoms with Crippen LogP contribution in [0, 0.1) is 9.49 Å². The van der Waals surface area contributed by atoms with Crippen molar-refractivity contribution in [2.45, 2.75) is 25.8 Å². The summed E-state index contributed by atoms with van der Waals surface area (Å²) in [5, 5.41) is 3.58. The molecule has 0 heterocycles. The minimum absolute atomic E-state index is 0.493. The number of rotatable bonds is 4. The first-order chi connectivity index (χ1) is 6.75. The molecule has 0 bridgehead atoms. The average Bonchev–Trinajstić information content (AvgIpc) is 2.99. The summed E-state index contributed by atoms with van der Waals surface area (Å²) in [5.41, 5.74) is 1.39. The molecular formula is C12H16IN. The minimum Gasteiger partial charge on any atom is -0.310 e. The van der Waals surface area contributed by atoms with Crippen LogP contribution in [0.3, 0.4) is 0 Å². The van der Waals surface area contributed by atoms with Gasteiger partial charge >= 0.3 is 0 Å². The van der Waals surface area contributed by atoms with Gasteiger partial charge in [-0.25, -0.2) is 0 Å². The van der Waals surface area contributed by atoms with Crippen molar-refractivity contribution in [1.29, 1.82) is 0 Å². The lowest BCUT2D eigenvalue weighted by Crippen LogP contribution is -2.20. The normalized spacial score (nSPS) is 18.1. The first kappa shape index (κ1) is 10.4. The molecule has 1 aromatic rings. The molecule has 1 aliphatic carbocycles. The SMILES string of the molecule is CC(NCC1CC1)c1ccc(I)cc1. The number of halogens is 1. The molecule has 1 saturated carbocycles. The van der Waals surface area contributed by atoms with Gasteiger partial charge in [0.15, 0.2) is 0 Å². The van der Waals surface area contributed by atoms with Crippen molar-refractivity contribution < 1.29 is 0 Å². The van der Waals surface area contributed by atoms with E-state index in [1.807, 2.05) is 0 Å². The quantitative estimate of drug-likeness (QED) is 0.841. The van der Waals surface area contributed by atoms with E-state index >= 15 is 0 Å². The number of nitrogens with one attached hydrogen (secondary N) is 1. The lowest BCUT2D eigenvalue weighted by Gasteiger charge is -2.13. The molecule has 0 saturated heterocycles. The van der Waals surface area contributed by atoms with E-state index in [-0.39, 0.29) is 0 Å². The molecule has 76 valence electrons. The van der Waals surface area contributed by atoms with Crippen LogP contribution >= 0.6 is 22.6 Å². The second kappa shape index (κ2) is 4.62. The van der Waals surface area contributed by atoms with Gasteiger partial charge in [-0.1, -0.05) is 12.1 Å². The zero-order valence-electron chi connectivity index (χ0n) is 8.46. The van der Waals surface area contributed by atoms with E-state index in [1.165, 1.54) is 28.5 Å². The van der Waals surface area contributed by atoms with Gasteiger partial charge in [0.1, 0.15) is 0 Å². The number of benzene rings is 1. The van der Waals surface area contributed by atoms with Crippen LogP contribution in [0.4, 0.5) is 0 Å². The second-order valence-electron chi connectivity index (χ2n) is 4.12. The molecule has 1 aromatic carbocycles. The lowest BCUT2D eigenvalue weighted by molar-refractivity contribution is 0.549. The highest BCUT2D eigenvalue weighted by Gasteiger charge is 2.21. The van der Waals surface area contributed by atoms with Crippen molar-refractivity contribution in [3.05, 3.63) is 33.4 Å². The van der Waals surface area contributed by atoms with Crippen molar-refractivity contribution in [2.75, 3.05) is 6.54 Å². The Morgan fingerprint density at radius 2 is 2.00 bits per heavy atom. The summed E-state index contributed by atoms with van der Waals surface area (Å²) in [6.45, 7) is 3.43. The molecule has 0 amide bonds. The third kappa shape index (κ3) is 2.95. The van der Waals surface area contributed by atoms with E-state index in [4.69, 9.17) is 0 Å². The van der Waals surface area contributed by atoms with Crippen LogP contribution in [-0.2, 0) is 0 Å². The van der Waals surface area contributed by atoms with Gasteiger partial charge in [-0.15, -0.1) is 0 Å². The van der Waals surface area contributed by atoms with Gasteiger partial charge in [0, 0.05) is 9.61 Å². The predicted octanol–water partition coefficient (Wildman–Crippen LogP) is 3.35. The maximum absolute atomic E-state index is 3.58. The van der Waals surface area contributed by atoms with Gasteiger partial charge in [0.2, 0.25) is 0 Å².